The molecule has 1 rings (SSSR count). The Kier molecular flexibility index (Phi) is 7.17. The zero-order chi connectivity index (χ0) is 16.0. The molecule has 0 spiro atoms. The maximum absolute atomic E-state index is 12.8. The molecule has 0 saturated carbocycles. The molecule has 1 unspecified atom stereocenters. The summed E-state index contributed by atoms with van der Waals surface area (Å²) < 4.78 is 27.1. The third kappa shape index (κ3) is 4.44. The van der Waals surface area contributed by atoms with Gasteiger partial charge in [-0.15, -0.1) is 11.6 Å². The molecule has 5 heteroatoms. The Labute approximate surface area is 134 Å². The molecule has 1 aromatic rings. The SMILES string of the molecule is CCc1ccc(S(=O)(=O)N(CC)CC(C)CC)cc1CCl. The van der Waals surface area contributed by atoms with E-state index >= 15 is 0 Å². The molecule has 0 heterocycles. The quantitative estimate of drug-likeness (QED) is 0.674. The molecule has 0 aromatic heterocycles. The summed E-state index contributed by atoms with van der Waals surface area (Å²) in [6.07, 6.45) is 1.82. The van der Waals surface area contributed by atoms with Crippen molar-refractivity contribution in [1.29, 1.82) is 0 Å². The van der Waals surface area contributed by atoms with E-state index in [2.05, 4.69) is 13.8 Å². The number of halogens is 1. The van der Waals surface area contributed by atoms with E-state index < -0.39 is 10.0 Å². The highest BCUT2D eigenvalue weighted by Crippen LogP contribution is 2.22. The van der Waals surface area contributed by atoms with Gasteiger partial charge in [-0.05, 0) is 35.6 Å². The van der Waals surface area contributed by atoms with E-state index in [4.69, 9.17) is 11.6 Å². The molecular weight excluding hydrogens is 306 g/mol. The molecule has 0 amide bonds. The number of benzene rings is 1. The van der Waals surface area contributed by atoms with E-state index in [9.17, 15) is 8.42 Å². The molecule has 0 fully saturated rings. The highest BCUT2D eigenvalue weighted by Gasteiger charge is 2.24. The van der Waals surface area contributed by atoms with Crippen LogP contribution in [-0.4, -0.2) is 25.8 Å². The smallest absolute Gasteiger partial charge is 0.207 e. The van der Waals surface area contributed by atoms with Crippen LogP contribution in [0.2, 0.25) is 0 Å². The second-order valence-corrected chi connectivity index (χ2v) is 7.59. The molecular formula is C16H26ClNO2S. The first kappa shape index (κ1) is 18.5. The number of aryl methyl sites for hydroxylation is 1. The molecule has 120 valence electrons. The second-order valence-electron chi connectivity index (χ2n) is 5.39. The Morgan fingerprint density at radius 2 is 1.86 bits per heavy atom. The van der Waals surface area contributed by atoms with Gasteiger partial charge in [0, 0.05) is 19.0 Å². The Morgan fingerprint density at radius 1 is 1.19 bits per heavy atom. The van der Waals surface area contributed by atoms with Gasteiger partial charge in [-0.25, -0.2) is 8.42 Å². The van der Waals surface area contributed by atoms with E-state index in [1.165, 1.54) is 0 Å². The van der Waals surface area contributed by atoms with E-state index in [1.54, 1.807) is 16.4 Å². The van der Waals surface area contributed by atoms with Crippen molar-refractivity contribution in [3.05, 3.63) is 29.3 Å². The van der Waals surface area contributed by atoms with Crippen molar-refractivity contribution >= 4 is 21.6 Å². The first-order valence-corrected chi connectivity index (χ1v) is 9.55. The number of hydrogen-bond donors (Lipinski definition) is 0. The van der Waals surface area contributed by atoms with Gasteiger partial charge in [0.15, 0.2) is 0 Å². The van der Waals surface area contributed by atoms with Gasteiger partial charge in [0.25, 0.3) is 0 Å². The number of rotatable bonds is 8. The number of nitrogens with zero attached hydrogens (tertiary/aromatic N) is 1. The van der Waals surface area contributed by atoms with Crippen LogP contribution in [-0.2, 0) is 22.3 Å². The van der Waals surface area contributed by atoms with Gasteiger partial charge in [0.1, 0.15) is 0 Å². The molecule has 0 radical (unpaired) electrons. The molecule has 0 aliphatic carbocycles. The summed E-state index contributed by atoms with van der Waals surface area (Å²) >= 11 is 5.94. The third-order valence-electron chi connectivity index (χ3n) is 3.91. The lowest BCUT2D eigenvalue weighted by molar-refractivity contribution is 0.361. The maximum Gasteiger partial charge on any atom is 0.243 e. The minimum atomic E-state index is -3.44. The highest BCUT2D eigenvalue weighted by molar-refractivity contribution is 7.89. The molecule has 0 aliphatic rings. The molecule has 1 aromatic carbocycles. The van der Waals surface area contributed by atoms with Crippen molar-refractivity contribution < 1.29 is 8.42 Å². The van der Waals surface area contributed by atoms with Crippen LogP contribution < -0.4 is 0 Å². The fourth-order valence-electron chi connectivity index (χ4n) is 2.26. The predicted molar refractivity (Wildman–Crippen MR) is 89.3 cm³/mol. The van der Waals surface area contributed by atoms with Crippen LogP contribution in [0.1, 0.15) is 45.2 Å². The van der Waals surface area contributed by atoms with Crippen molar-refractivity contribution in [2.45, 2.75) is 51.3 Å². The minimum Gasteiger partial charge on any atom is -0.207 e. The predicted octanol–water partition coefficient (Wildman–Crippen LogP) is 4.04. The fourth-order valence-corrected chi connectivity index (χ4v) is 4.12. The van der Waals surface area contributed by atoms with E-state index in [1.807, 2.05) is 19.9 Å². The van der Waals surface area contributed by atoms with Crippen LogP contribution in [0.15, 0.2) is 23.1 Å². The van der Waals surface area contributed by atoms with E-state index in [0.29, 0.717) is 29.8 Å². The zero-order valence-electron chi connectivity index (χ0n) is 13.4. The number of hydrogen-bond acceptors (Lipinski definition) is 2. The standard InChI is InChI=1S/C16H26ClNO2S/c1-5-13(4)12-18(7-3)21(19,20)16-9-8-14(6-2)15(10-16)11-17/h8-10,13H,5-7,11-12H2,1-4H3. The molecule has 1 atom stereocenters. The molecule has 21 heavy (non-hydrogen) atoms. The monoisotopic (exact) mass is 331 g/mol. The summed E-state index contributed by atoms with van der Waals surface area (Å²) in [5.74, 6) is 0.687. The van der Waals surface area contributed by atoms with Gasteiger partial charge in [0.2, 0.25) is 10.0 Å². The minimum absolute atomic E-state index is 0.337. The van der Waals surface area contributed by atoms with Gasteiger partial charge in [-0.1, -0.05) is 40.2 Å². The van der Waals surface area contributed by atoms with Crippen molar-refractivity contribution in [1.82, 2.24) is 4.31 Å². The number of sulfonamides is 1. The van der Waals surface area contributed by atoms with Gasteiger partial charge < -0.3 is 0 Å². The van der Waals surface area contributed by atoms with Crippen LogP contribution in [0.4, 0.5) is 0 Å². The highest BCUT2D eigenvalue weighted by atomic mass is 35.5. The first-order chi connectivity index (χ1) is 9.90. The Morgan fingerprint density at radius 3 is 2.33 bits per heavy atom. The van der Waals surface area contributed by atoms with Crippen molar-refractivity contribution in [2.75, 3.05) is 13.1 Å². The van der Waals surface area contributed by atoms with Gasteiger partial charge >= 0.3 is 0 Å². The average molecular weight is 332 g/mol. The van der Waals surface area contributed by atoms with Crippen molar-refractivity contribution in [3.63, 3.8) is 0 Å². The van der Waals surface area contributed by atoms with Crippen molar-refractivity contribution in [2.24, 2.45) is 5.92 Å². The van der Waals surface area contributed by atoms with E-state index in [-0.39, 0.29) is 0 Å². The normalized spacial score (nSPS) is 13.6. The molecule has 0 N–H and O–H groups in total. The molecule has 0 aliphatic heterocycles. The molecule has 0 saturated heterocycles. The molecule has 3 nitrogen and oxygen atoms in total. The van der Waals surface area contributed by atoms with Crippen LogP contribution in [0.25, 0.3) is 0 Å². The summed E-state index contributed by atoms with van der Waals surface area (Å²) in [7, 11) is -3.44. The summed E-state index contributed by atoms with van der Waals surface area (Å²) in [5.41, 5.74) is 2.01. The lowest BCUT2D eigenvalue weighted by Gasteiger charge is -2.24. The third-order valence-corrected chi connectivity index (χ3v) is 6.13. The van der Waals surface area contributed by atoms with Gasteiger partial charge in [-0.3, -0.25) is 0 Å². The Hall–Kier alpha value is -0.580. The topological polar surface area (TPSA) is 37.4 Å². The lowest BCUT2D eigenvalue weighted by Crippen LogP contribution is -2.34. The maximum atomic E-state index is 12.8. The average Bonchev–Trinajstić information content (AvgIpc) is 2.51. The second kappa shape index (κ2) is 8.16. The van der Waals surface area contributed by atoms with E-state index in [0.717, 1.165) is 24.0 Å². The molecule has 0 bridgehead atoms. The van der Waals surface area contributed by atoms with Gasteiger partial charge in [0.05, 0.1) is 4.90 Å². The van der Waals surface area contributed by atoms with Crippen molar-refractivity contribution in [3.8, 4) is 0 Å². The fraction of sp³-hybridized carbons (Fsp3) is 0.625. The summed E-state index contributed by atoms with van der Waals surface area (Å²) in [6.45, 7) is 9.11. The van der Waals surface area contributed by atoms with Crippen LogP contribution in [0.3, 0.4) is 0 Å². The van der Waals surface area contributed by atoms with Crippen LogP contribution >= 0.6 is 11.6 Å². The van der Waals surface area contributed by atoms with Crippen LogP contribution in [0.5, 0.6) is 0 Å². The zero-order valence-corrected chi connectivity index (χ0v) is 15.0. The largest absolute Gasteiger partial charge is 0.243 e. The Bertz CT molecular complexity index is 557. The van der Waals surface area contributed by atoms with Crippen LogP contribution in [0, 0.1) is 5.92 Å². The van der Waals surface area contributed by atoms with Gasteiger partial charge in [-0.2, -0.15) is 4.31 Å². The first-order valence-electron chi connectivity index (χ1n) is 7.58. The summed E-state index contributed by atoms with van der Waals surface area (Å²) in [4.78, 5) is 0.348. The Balaban J connectivity index is 3.16. The number of alkyl halides is 1. The lowest BCUT2D eigenvalue weighted by atomic mass is 10.1. The summed E-state index contributed by atoms with van der Waals surface area (Å²) in [5, 5.41) is 0. The summed E-state index contributed by atoms with van der Waals surface area (Å²) in [6, 6.07) is 5.30.